The van der Waals surface area contributed by atoms with E-state index < -0.39 is 7.26 Å². The largest absolute Gasteiger partial charge is 0.494 e. The van der Waals surface area contributed by atoms with Crippen molar-refractivity contribution in [3.05, 3.63) is 24.9 Å². The normalized spacial score (nSPS) is 13.1. The molecular weight excluding hydrogens is 291 g/mol. The minimum atomic E-state index is -1.70. The molecule has 0 atom stereocenters. The fourth-order valence-electron chi connectivity index (χ4n) is 3.06. The molecule has 0 aromatic heterocycles. The Morgan fingerprint density at radius 3 is 1.45 bits per heavy atom. The molecule has 1 aromatic carbocycles. The van der Waals surface area contributed by atoms with Gasteiger partial charge >= 0.3 is 0 Å². The quantitative estimate of drug-likeness (QED) is 0.525. The van der Waals surface area contributed by atoms with Gasteiger partial charge in [-0.2, -0.15) is 6.66 Å². The van der Waals surface area contributed by atoms with E-state index in [2.05, 4.69) is 53.7 Å². The van der Waals surface area contributed by atoms with E-state index in [-0.39, 0.29) is 10.3 Å². The van der Waals surface area contributed by atoms with Crippen molar-refractivity contribution >= 4 is 12.6 Å². The first-order chi connectivity index (χ1) is 9.97. The second-order valence-electron chi connectivity index (χ2n) is 7.68. The molecule has 0 fully saturated rings. The molecule has 2 nitrogen and oxygen atoms in total. The van der Waals surface area contributed by atoms with E-state index >= 15 is 0 Å². The molecule has 0 saturated heterocycles. The Labute approximate surface area is 137 Å². The summed E-state index contributed by atoms with van der Waals surface area (Å²) in [6.07, 6.45) is 0. The summed E-state index contributed by atoms with van der Waals surface area (Å²) >= 11 is 0. The molecule has 1 rings (SSSR count). The van der Waals surface area contributed by atoms with E-state index in [1.165, 1.54) is 5.30 Å². The molecule has 22 heavy (non-hydrogen) atoms. The topological polar surface area (TPSA) is 18.5 Å². The van der Waals surface area contributed by atoms with Crippen molar-refractivity contribution < 1.29 is 9.47 Å². The third kappa shape index (κ3) is 3.77. The highest BCUT2D eigenvalue weighted by Crippen LogP contribution is 2.74. The Kier molecular flexibility index (Phi) is 5.95. The number of benzene rings is 1. The fraction of sp³-hybridized carbons (Fsp3) is 0.632. The van der Waals surface area contributed by atoms with Crippen molar-refractivity contribution in [2.24, 2.45) is 0 Å². The molecule has 1 aromatic rings. The average Bonchev–Trinajstić information content (AvgIpc) is 2.35. The Morgan fingerprint density at radius 1 is 0.818 bits per heavy atom. The van der Waals surface area contributed by atoms with Crippen LogP contribution in [0.2, 0.25) is 0 Å². The molecule has 126 valence electrons. The zero-order chi connectivity index (χ0) is 17.2. The van der Waals surface area contributed by atoms with E-state index in [0.717, 1.165) is 11.5 Å². The van der Waals surface area contributed by atoms with Crippen LogP contribution in [0.1, 0.15) is 55.4 Å². The van der Waals surface area contributed by atoms with Gasteiger partial charge in [0.1, 0.15) is 11.5 Å². The first kappa shape index (κ1) is 19.3. The van der Waals surface area contributed by atoms with Gasteiger partial charge in [0, 0.05) is 18.2 Å². The Balaban J connectivity index is 3.54. The summed E-state index contributed by atoms with van der Waals surface area (Å²) in [7, 11) is -1.70. The van der Waals surface area contributed by atoms with Gasteiger partial charge < -0.3 is 9.47 Å². The lowest BCUT2D eigenvalue weighted by Gasteiger charge is -2.51. The maximum atomic E-state index is 5.76. The van der Waals surface area contributed by atoms with Gasteiger partial charge in [0.2, 0.25) is 0 Å². The van der Waals surface area contributed by atoms with E-state index in [1.54, 1.807) is 0 Å². The zero-order valence-electron chi connectivity index (χ0n) is 15.6. The predicted molar refractivity (Wildman–Crippen MR) is 100 cm³/mol. The monoisotopic (exact) mass is 324 g/mol. The van der Waals surface area contributed by atoms with Crippen LogP contribution < -0.4 is 14.8 Å². The molecule has 3 heteroatoms. The van der Waals surface area contributed by atoms with E-state index in [1.807, 2.05) is 19.9 Å². The first-order valence-corrected chi connectivity index (χ1v) is 10.1. The molecule has 0 saturated carbocycles. The highest BCUT2D eigenvalue weighted by molar-refractivity contribution is 7.86. The van der Waals surface area contributed by atoms with E-state index in [4.69, 9.17) is 16.1 Å². The van der Waals surface area contributed by atoms with Crippen molar-refractivity contribution in [2.75, 3.05) is 13.2 Å². The molecule has 0 unspecified atom stereocenters. The molecule has 0 radical (unpaired) electrons. The molecule has 0 N–H and O–H groups in total. The van der Waals surface area contributed by atoms with Gasteiger partial charge in [0.25, 0.3) is 0 Å². The second kappa shape index (κ2) is 6.79. The summed E-state index contributed by atoms with van der Waals surface area (Å²) < 4.78 is 11.5. The van der Waals surface area contributed by atoms with Crippen LogP contribution in [-0.4, -0.2) is 23.5 Å². The van der Waals surface area contributed by atoms with Crippen LogP contribution in [0.25, 0.3) is 0 Å². The smallest absolute Gasteiger partial charge is 0.126 e. The van der Waals surface area contributed by atoms with Gasteiger partial charge in [0.05, 0.1) is 28.8 Å². The Morgan fingerprint density at radius 2 is 1.18 bits per heavy atom. The summed E-state index contributed by atoms with van der Waals surface area (Å²) in [4.78, 5) is 0. The second-order valence-corrected chi connectivity index (χ2v) is 12.5. The summed E-state index contributed by atoms with van der Waals surface area (Å²) in [5, 5.41) is 1.50. The van der Waals surface area contributed by atoms with Gasteiger partial charge in [-0.3, -0.25) is 0 Å². The first-order valence-electron chi connectivity index (χ1n) is 8.12. The molecule has 0 aliphatic rings. The van der Waals surface area contributed by atoms with Crippen LogP contribution >= 0.6 is 7.26 Å². The van der Waals surface area contributed by atoms with Crippen LogP contribution in [-0.2, 0) is 0 Å². The van der Waals surface area contributed by atoms with Crippen molar-refractivity contribution in [1.82, 2.24) is 0 Å². The average molecular weight is 324 g/mol. The summed E-state index contributed by atoms with van der Waals surface area (Å²) in [5.41, 5.74) is 0. The number of ether oxygens (including phenoxy) is 2. The molecule has 0 amide bonds. The lowest BCUT2D eigenvalue weighted by atomic mass is 10.2. The van der Waals surface area contributed by atoms with Crippen LogP contribution in [0.4, 0.5) is 0 Å². The zero-order valence-corrected chi connectivity index (χ0v) is 16.5. The molecule has 0 spiro atoms. The highest BCUT2D eigenvalue weighted by atomic mass is 31.2. The van der Waals surface area contributed by atoms with Crippen molar-refractivity contribution in [3.8, 4) is 11.5 Å². The third-order valence-electron chi connectivity index (χ3n) is 4.22. The van der Waals surface area contributed by atoms with Gasteiger partial charge in [-0.15, -0.1) is 0 Å². The van der Waals surface area contributed by atoms with E-state index in [0.29, 0.717) is 13.2 Å². The van der Waals surface area contributed by atoms with Crippen LogP contribution in [0.5, 0.6) is 11.5 Å². The Bertz CT molecular complexity index is 457. The number of hydrogen-bond acceptors (Lipinski definition) is 2. The lowest BCUT2D eigenvalue weighted by molar-refractivity contribution is 0.323. The maximum absolute atomic E-state index is 5.76. The van der Waals surface area contributed by atoms with Gasteiger partial charge in [0.15, 0.2) is 0 Å². The maximum Gasteiger partial charge on any atom is 0.126 e. The molecule has 0 heterocycles. The summed E-state index contributed by atoms with van der Waals surface area (Å²) in [5.74, 6) is 1.76. The summed E-state index contributed by atoms with van der Waals surface area (Å²) in [6, 6.07) is 6.32. The number of hydrogen-bond donors (Lipinski definition) is 0. The minimum absolute atomic E-state index is 0.111. The lowest BCUT2D eigenvalue weighted by Crippen LogP contribution is -2.38. The third-order valence-corrected chi connectivity index (χ3v) is 9.94. The molecular formula is C19H33O2P. The SMILES string of the molecule is [CH2-][P+](c1cc(OCC)cc(OCC)c1)(C(C)(C)C)C(C)(C)C. The highest BCUT2D eigenvalue weighted by Gasteiger charge is 2.49. The van der Waals surface area contributed by atoms with Gasteiger partial charge in [-0.05, 0) is 55.4 Å². The molecule has 0 bridgehead atoms. The van der Waals surface area contributed by atoms with E-state index in [9.17, 15) is 0 Å². The van der Waals surface area contributed by atoms with Gasteiger partial charge in [-0.1, -0.05) is 7.26 Å². The van der Waals surface area contributed by atoms with Crippen LogP contribution in [0.15, 0.2) is 18.2 Å². The molecule has 0 aliphatic carbocycles. The summed E-state index contributed by atoms with van der Waals surface area (Å²) in [6.45, 7) is 23.9. The van der Waals surface area contributed by atoms with Crippen LogP contribution in [0.3, 0.4) is 0 Å². The van der Waals surface area contributed by atoms with Crippen molar-refractivity contribution in [2.45, 2.75) is 65.7 Å². The molecule has 0 aliphatic heterocycles. The standard InChI is InChI=1S/C19H33O2P/c1-10-20-15-12-16(21-11-2)14-17(13-15)22(9,18(3,4)5)19(6,7)8/h12-14H,9-11H2,1-8H3. The number of rotatable bonds is 5. The fourth-order valence-corrected chi connectivity index (χ4v) is 7.31. The Hall–Kier alpha value is -0.750. The van der Waals surface area contributed by atoms with Crippen molar-refractivity contribution in [1.29, 1.82) is 0 Å². The van der Waals surface area contributed by atoms with Crippen LogP contribution in [0, 0.1) is 6.66 Å². The van der Waals surface area contributed by atoms with Gasteiger partial charge in [-0.25, -0.2) is 0 Å². The minimum Gasteiger partial charge on any atom is -0.494 e. The predicted octanol–water partition coefficient (Wildman–Crippen LogP) is 5.52. The van der Waals surface area contributed by atoms with Crippen molar-refractivity contribution in [3.63, 3.8) is 0 Å².